The maximum atomic E-state index is 10.1. The van der Waals surface area contributed by atoms with E-state index in [-0.39, 0.29) is 5.75 Å². The van der Waals surface area contributed by atoms with E-state index in [1.165, 1.54) is 6.07 Å². The third kappa shape index (κ3) is 4.62. The zero-order chi connectivity index (χ0) is 17.6. The maximum absolute atomic E-state index is 10.1. The number of hydrogen-bond acceptors (Lipinski definition) is 5. The summed E-state index contributed by atoms with van der Waals surface area (Å²) in [6.07, 6.45) is 4.86. The van der Waals surface area contributed by atoms with Gasteiger partial charge in [0.1, 0.15) is 11.4 Å². The standard InChI is InChI=1S/C18H12Cl2N4O/c19-13-4-6-17(16(20)8-13)24-23-14-5-3-12(18(25)9-14)10-22-15-2-1-7-21-11-15/h1-11,25H. The first-order chi connectivity index (χ1) is 12.1. The van der Waals surface area contributed by atoms with E-state index < -0.39 is 0 Å². The monoisotopic (exact) mass is 370 g/mol. The van der Waals surface area contributed by atoms with Crippen molar-refractivity contribution in [1.29, 1.82) is 0 Å². The number of halogens is 2. The van der Waals surface area contributed by atoms with Crippen LogP contribution in [0.4, 0.5) is 17.1 Å². The highest BCUT2D eigenvalue weighted by atomic mass is 35.5. The van der Waals surface area contributed by atoms with Gasteiger partial charge in [-0.1, -0.05) is 23.2 Å². The molecule has 0 fully saturated rings. The highest BCUT2D eigenvalue weighted by Gasteiger charge is 2.02. The topological polar surface area (TPSA) is 70.2 Å². The molecule has 3 rings (SSSR count). The Kier molecular flexibility index (Phi) is 5.38. The first-order valence-corrected chi connectivity index (χ1v) is 8.01. The zero-order valence-electron chi connectivity index (χ0n) is 12.8. The highest BCUT2D eigenvalue weighted by Crippen LogP contribution is 2.30. The first-order valence-electron chi connectivity index (χ1n) is 7.26. The average molecular weight is 371 g/mol. The number of aliphatic imine (C=N–C) groups is 1. The Hall–Kier alpha value is -2.76. The lowest BCUT2D eigenvalue weighted by molar-refractivity contribution is 0.474. The molecule has 2 aromatic carbocycles. The summed E-state index contributed by atoms with van der Waals surface area (Å²) in [4.78, 5) is 8.23. The van der Waals surface area contributed by atoms with Crippen LogP contribution in [0.3, 0.4) is 0 Å². The molecule has 0 saturated heterocycles. The summed E-state index contributed by atoms with van der Waals surface area (Å²) >= 11 is 11.9. The van der Waals surface area contributed by atoms with Gasteiger partial charge in [-0.3, -0.25) is 9.98 Å². The minimum Gasteiger partial charge on any atom is -0.507 e. The van der Waals surface area contributed by atoms with Crippen molar-refractivity contribution in [1.82, 2.24) is 4.98 Å². The van der Waals surface area contributed by atoms with Gasteiger partial charge in [-0.05, 0) is 42.5 Å². The molecule has 0 aliphatic carbocycles. The molecule has 0 atom stereocenters. The van der Waals surface area contributed by atoms with Crippen LogP contribution in [0.1, 0.15) is 5.56 Å². The fourth-order valence-corrected chi connectivity index (χ4v) is 2.40. The molecular weight excluding hydrogens is 359 g/mol. The van der Waals surface area contributed by atoms with Gasteiger partial charge >= 0.3 is 0 Å². The molecule has 0 spiro atoms. The van der Waals surface area contributed by atoms with Crippen LogP contribution in [0.5, 0.6) is 5.75 Å². The minimum absolute atomic E-state index is 0.0475. The van der Waals surface area contributed by atoms with Gasteiger partial charge in [0.2, 0.25) is 0 Å². The number of phenols is 1. The highest BCUT2D eigenvalue weighted by molar-refractivity contribution is 6.36. The van der Waals surface area contributed by atoms with E-state index in [0.29, 0.717) is 32.7 Å². The van der Waals surface area contributed by atoms with E-state index in [9.17, 15) is 5.11 Å². The molecular formula is C18H12Cl2N4O. The van der Waals surface area contributed by atoms with Crippen molar-refractivity contribution in [3.05, 3.63) is 76.5 Å². The number of nitrogens with zero attached hydrogens (tertiary/aromatic N) is 4. The van der Waals surface area contributed by atoms with Gasteiger partial charge in [0, 0.05) is 29.1 Å². The van der Waals surface area contributed by atoms with Crippen LogP contribution in [0.25, 0.3) is 0 Å². The normalized spacial score (nSPS) is 11.4. The van der Waals surface area contributed by atoms with Gasteiger partial charge < -0.3 is 5.11 Å². The molecule has 25 heavy (non-hydrogen) atoms. The van der Waals surface area contributed by atoms with Gasteiger partial charge in [-0.25, -0.2) is 0 Å². The van der Waals surface area contributed by atoms with Crippen LogP contribution in [-0.2, 0) is 0 Å². The second kappa shape index (κ2) is 7.88. The lowest BCUT2D eigenvalue weighted by Crippen LogP contribution is -1.82. The van der Waals surface area contributed by atoms with E-state index >= 15 is 0 Å². The molecule has 0 radical (unpaired) electrons. The largest absolute Gasteiger partial charge is 0.507 e. The van der Waals surface area contributed by atoms with Crippen molar-refractivity contribution in [2.75, 3.05) is 0 Å². The maximum Gasteiger partial charge on any atom is 0.126 e. The molecule has 0 aliphatic rings. The molecule has 1 heterocycles. The van der Waals surface area contributed by atoms with Crippen molar-refractivity contribution in [3.8, 4) is 5.75 Å². The predicted octanol–water partition coefficient (Wildman–Crippen LogP) is 6.26. The van der Waals surface area contributed by atoms with E-state index in [0.717, 1.165) is 0 Å². The second-order valence-electron chi connectivity index (χ2n) is 5.01. The molecule has 0 aliphatic heterocycles. The van der Waals surface area contributed by atoms with E-state index in [2.05, 4.69) is 20.2 Å². The molecule has 0 saturated carbocycles. The third-order valence-corrected chi connectivity index (χ3v) is 3.73. The van der Waals surface area contributed by atoms with E-state index in [1.807, 2.05) is 6.07 Å². The summed E-state index contributed by atoms with van der Waals surface area (Å²) in [7, 11) is 0. The van der Waals surface area contributed by atoms with Crippen LogP contribution < -0.4 is 0 Å². The number of aromatic hydroxyl groups is 1. The molecule has 3 aromatic rings. The number of pyridine rings is 1. The van der Waals surface area contributed by atoms with Gasteiger partial charge in [0.05, 0.1) is 22.6 Å². The van der Waals surface area contributed by atoms with Crippen LogP contribution in [0.15, 0.2) is 76.1 Å². The van der Waals surface area contributed by atoms with Gasteiger partial charge in [0.25, 0.3) is 0 Å². The van der Waals surface area contributed by atoms with Crippen molar-refractivity contribution in [2.45, 2.75) is 0 Å². The summed E-state index contributed by atoms with van der Waals surface area (Å²) in [5.74, 6) is 0.0475. The van der Waals surface area contributed by atoms with Crippen LogP contribution in [0, 0.1) is 0 Å². The van der Waals surface area contributed by atoms with Crippen molar-refractivity contribution >= 4 is 46.5 Å². The molecule has 1 aromatic heterocycles. The SMILES string of the molecule is Oc1cc(N=Nc2ccc(Cl)cc2Cl)ccc1C=Nc1cccnc1. The van der Waals surface area contributed by atoms with Crippen LogP contribution >= 0.6 is 23.2 Å². The fourth-order valence-electron chi connectivity index (χ4n) is 1.95. The van der Waals surface area contributed by atoms with Crippen LogP contribution in [0.2, 0.25) is 10.0 Å². The Labute approximate surface area is 154 Å². The van der Waals surface area contributed by atoms with Gasteiger partial charge in [-0.15, -0.1) is 5.11 Å². The van der Waals surface area contributed by atoms with Gasteiger partial charge in [0.15, 0.2) is 0 Å². The molecule has 0 bridgehead atoms. The average Bonchev–Trinajstić information content (AvgIpc) is 2.61. The number of aromatic nitrogens is 1. The van der Waals surface area contributed by atoms with Crippen molar-refractivity contribution in [3.63, 3.8) is 0 Å². The predicted molar refractivity (Wildman–Crippen MR) is 100 cm³/mol. The minimum atomic E-state index is 0.0475. The number of benzene rings is 2. The smallest absolute Gasteiger partial charge is 0.126 e. The quantitative estimate of drug-likeness (QED) is 0.434. The fraction of sp³-hybridized carbons (Fsp3) is 0. The summed E-state index contributed by atoms with van der Waals surface area (Å²) in [5.41, 5.74) is 2.24. The summed E-state index contributed by atoms with van der Waals surface area (Å²) in [5, 5.41) is 19.2. The Morgan fingerprint density at radius 1 is 0.960 bits per heavy atom. The van der Waals surface area contributed by atoms with Gasteiger partial charge in [-0.2, -0.15) is 5.11 Å². The molecule has 124 valence electrons. The zero-order valence-corrected chi connectivity index (χ0v) is 14.4. The lowest BCUT2D eigenvalue weighted by atomic mass is 10.2. The van der Waals surface area contributed by atoms with Crippen molar-refractivity contribution < 1.29 is 5.11 Å². The number of phenolic OH excluding ortho intramolecular Hbond substituents is 1. The second-order valence-corrected chi connectivity index (χ2v) is 5.85. The Balaban J connectivity index is 1.77. The summed E-state index contributed by atoms with van der Waals surface area (Å²) < 4.78 is 0. The lowest BCUT2D eigenvalue weighted by Gasteiger charge is -2.01. The third-order valence-electron chi connectivity index (χ3n) is 3.20. The summed E-state index contributed by atoms with van der Waals surface area (Å²) in [6, 6.07) is 13.5. The molecule has 5 nitrogen and oxygen atoms in total. The Morgan fingerprint density at radius 2 is 1.84 bits per heavy atom. The number of rotatable bonds is 4. The molecule has 7 heteroatoms. The molecule has 1 N–H and O–H groups in total. The van der Waals surface area contributed by atoms with E-state index in [1.54, 1.807) is 55.0 Å². The number of azo groups is 1. The van der Waals surface area contributed by atoms with Crippen LogP contribution in [-0.4, -0.2) is 16.3 Å². The molecule has 0 unspecified atom stereocenters. The molecule has 0 amide bonds. The Bertz CT molecular complexity index is 943. The summed E-state index contributed by atoms with van der Waals surface area (Å²) in [6.45, 7) is 0. The number of hydrogen-bond donors (Lipinski definition) is 1. The Morgan fingerprint density at radius 3 is 2.56 bits per heavy atom. The first kappa shape index (κ1) is 17.1. The van der Waals surface area contributed by atoms with Crippen molar-refractivity contribution in [2.24, 2.45) is 15.2 Å². The van der Waals surface area contributed by atoms with E-state index in [4.69, 9.17) is 23.2 Å².